The summed E-state index contributed by atoms with van der Waals surface area (Å²) in [5.74, 6) is -0.517. The van der Waals surface area contributed by atoms with Gasteiger partial charge in [0.15, 0.2) is 0 Å². The lowest BCUT2D eigenvalue weighted by Crippen LogP contribution is -2.52. The molecule has 0 aliphatic carbocycles. The fraction of sp³-hybridized carbons (Fsp3) is 0.458. The zero-order valence-electron chi connectivity index (χ0n) is 19.3. The van der Waals surface area contributed by atoms with Gasteiger partial charge in [0.25, 0.3) is 5.91 Å². The van der Waals surface area contributed by atoms with Crippen molar-refractivity contribution in [3.8, 4) is 5.75 Å². The summed E-state index contributed by atoms with van der Waals surface area (Å²) in [4.78, 5) is 14.7. The minimum absolute atomic E-state index is 0.0873. The summed E-state index contributed by atoms with van der Waals surface area (Å²) in [5, 5.41) is 1.02. The summed E-state index contributed by atoms with van der Waals surface area (Å²) in [6.07, 6.45) is 3.19. The van der Waals surface area contributed by atoms with Gasteiger partial charge in [-0.3, -0.25) is 4.79 Å². The number of hydrogen-bond donors (Lipinski definition) is 1. The van der Waals surface area contributed by atoms with Gasteiger partial charge in [0.05, 0.1) is 10.0 Å². The highest BCUT2D eigenvalue weighted by Gasteiger charge is 2.33. The van der Waals surface area contributed by atoms with Crippen LogP contribution in [0.4, 0.5) is 4.39 Å². The van der Waals surface area contributed by atoms with Gasteiger partial charge in [-0.05, 0) is 69.0 Å². The Morgan fingerprint density at radius 1 is 1.00 bits per heavy atom. The molecule has 2 aliphatic heterocycles. The number of piperidine rings is 2. The summed E-state index contributed by atoms with van der Waals surface area (Å²) in [5.41, 5.74) is 0.924. The van der Waals surface area contributed by atoms with E-state index in [0.717, 1.165) is 49.4 Å². The molecular formula is C24H28Cl2FN3O4S. The smallest absolute Gasteiger partial charge is 0.304 e. The molecule has 0 unspecified atom stereocenters. The molecule has 2 aromatic rings. The summed E-state index contributed by atoms with van der Waals surface area (Å²) in [6.45, 7) is 4.28. The average Bonchev–Trinajstić information content (AvgIpc) is 2.85. The van der Waals surface area contributed by atoms with Crippen LogP contribution in [0.2, 0.25) is 10.0 Å². The Bertz CT molecular complexity index is 1160. The molecule has 0 aromatic heterocycles. The van der Waals surface area contributed by atoms with E-state index in [1.165, 1.54) is 16.4 Å². The normalized spacial score (nSPS) is 19.0. The highest BCUT2D eigenvalue weighted by atomic mass is 35.5. The monoisotopic (exact) mass is 543 g/mol. The second kappa shape index (κ2) is 11.0. The van der Waals surface area contributed by atoms with Crippen molar-refractivity contribution in [2.24, 2.45) is 0 Å². The van der Waals surface area contributed by atoms with E-state index in [-0.39, 0.29) is 17.7 Å². The first kappa shape index (κ1) is 26.2. The van der Waals surface area contributed by atoms with Crippen LogP contribution in [-0.2, 0) is 10.2 Å². The molecular weight excluding hydrogens is 516 g/mol. The lowest BCUT2D eigenvalue weighted by atomic mass is 10.00. The fourth-order valence-corrected chi connectivity index (χ4v) is 6.12. The molecule has 0 radical (unpaired) electrons. The SMILES string of the molecule is Cc1c(OC2CCN(C3CCN(S(=O)(=O)NC(=O)c4ccc(F)cc4)CC3)CC2)ccc(Cl)c1Cl. The Kier molecular flexibility index (Phi) is 8.23. The topological polar surface area (TPSA) is 79.0 Å². The van der Waals surface area contributed by atoms with E-state index in [1.54, 1.807) is 6.07 Å². The highest BCUT2D eigenvalue weighted by Crippen LogP contribution is 2.34. The van der Waals surface area contributed by atoms with E-state index in [2.05, 4.69) is 9.62 Å². The Morgan fingerprint density at radius 3 is 2.26 bits per heavy atom. The zero-order valence-corrected chi connectivity index (χ0v) is 21.7. The van der Waals surface area contributed by atoms with Crippen LogP contribution >= 0.6 is 23.2 Å². The Hall–Kier alpha value is -1.91. The maximum absolute atomic E-state index is 13.1. The number of amides is 1. The third-order valence-corrected chi connectivity index (χ3v) is 9.05. The van der Waals surface area contributed by atoms with Crippen LogP contribution in [0.1, 0.15) is 41.6 Å². The van der Waals surface area contributed by atoms with Crippen molar-refractivity contribution in [3.63, 3.8) is 0 Å². The van der Waals surface area contributed by atoms with Crippen molar-refractivity contribution in [2.45, 2.75) is 44.8 Å². The summed E-state index contributed by atoms with van der Waals surface area (Å²) in [6, 6.07) is 8.61. The van der Waals surface area contributed by atoms with E-state index in [9.17, 15) is 17.6 Å². The van der Waals surface area contributed by atoms with Gasteiger partial charge >= 0.3 is 10.2 Å². The molecule has 7 nitrogen and oxygen atoms in total. The molecule has 190 valence electrons. The van der Waals surface area contributed by atoms with Crippen molar-refractivity contribution >= 4 is 39.3 Å². The predicted octanol–water partition coefficient (Wildman–Crippen LogP) is 4.42. The quantitative estimate of drug-likeness (QED) is 0.583. The van der Waals surface area contributed by atoms with Crippen molar-refractivity contribution in [1.29, 1.82) is 0 Å². The first-order valence-corrected chi connectivity index (χ1v) is 13.8. The number of likely N-dealkylation sites (tertiary alicyclic amines) is 1. The van der Waals surface area contributed by atoms with Crippen LogP contribution in [0.25, 0.3) is 0 Å². The maximum atomic E-state index is 13.1. The van der Waals surface area contributed by atoms with Crippen LogP contribution < -0.4 is 9.46 Å². The fourth-order valence-electron chi connectivity index (χ4n) is 4.59. The molecule has 11 heteroatoms. The predicted molar refractivity (Wildman–Crippen MR) is 134 cm³/mol. The van der Waals surface area contributed by atoms with Crippen molar-refractivity contribution < 1.29 is 22.3 Å². The first-order valence-electron chi connectivity index (χ1n) is 11.6. The molecule has 2 aromatic carbocycles. The lowest BCUT2D eigenvalue weighted by Gasteiger charge is -2.41. The van der Waals surface area contributed by atoms with Gasteiger partial charge in [0.2, 0.25) is 0 Å². The number of carbonyl (C=O) groups is 1. The Labute approximate surface area is 215 Å². The maximum Gasteiger partial charge on any atom is 0.304 e. The number of carbonyl (C=O) groups excluding carboxylic acids is 1. The van der Waals surface area contributed by atoms with Crippen LogP contribution in [0, 0.1) is 12.7 Å². The van der Waals surface area contributed by atoms with Gasteiger partial charge in [-0.25, -0.2) is 9.11 Å². The number of hydrogen-bond acceptors (Lipinski definition) is 5. The number of nitrogens with one attached hydrogen (secondary N) is 1. The van der Waals surface area contributed by atoms with Crippen LogP contribution in [0.5, 0.6) is 5.75 Å². The second-order valence-electron chi connectivity index (χ2n) is 8.91. The Balaban J connectivity index is 1.25. The minimum Gasteiger partial charge on any atom is -0.490 e. The van der Waals surface area contributed by atoms with Crippen LogP contribution in [-0.4, -0.2) is 61.9 Å². The number of nitrogens with zero attached hydrogens (tertiary/aromatic N) is 2. The highest BCUT2D eigenvalue weighted by molar-refractivity contribution is 7.87. The van der Waals surface area contributed by atoms with Gasteiger partial charge in [0, 0.05) is 43.3 Å². The van der Waals surface area contributed by atoms with E-state index < -0.39 is 21.9 Å². The molecule has 2 saturated heterocycles. The van der Waals surface area contributed by atoms with Gasteiger partial charge in [-0.15, -0.1) is 0 Å². The van der Waals surface area contributed by atoms with E-state index >= 15 is 0 Å². The van der Waals surface area contributed by atoms with E-state index in [1.807, 2.05) is 13.0 Å². The first-order chi connectivity index (χ1) is 16.6. The van der Waals surface area contributed by atoms with Crippen LogP contribution in [0.3, 0.4) is 0 Å². The van der Waals surface area contributed by atoms with Crippen molar-refractivity contribution in [1.82, 2.24) is 13.9 Å². The molecule has 0 bridgehead atoms. The Morgan fingerprint density at radius 2 is 1.63 bits per heavy atom. The molecule has 4 rings (SSSR count). The largest absolute Gasteiger partial charge is 0.490 e. The second-order valence-corrected chi connectivity index (χ2v) is 11.4. The van der Waals surface area contributed by atoms with E-state index in [0.29, 0.717) is 36.0 Å². The molecule has 1 N–H and O–H groups in total. The molecule has 0 atom stereocenters. The third kappa shape index (κ3) is 6.27. The molecule has 35 heavy (non-hydrogen) atoms. The zero-order chi connectivity index (χ0) is 25.2. The van der Waals surface area contributed by atoms with E-state index in [4.69, 9.17) is 27.9 Å². The minimum atomic E-state index is -3.97. The molecule has 1 amide bonds. The molecule has 0 spiro atoms. The molecule has 2 heterocycles. The van der Waals surface area contributed by atoms with Gasteiger partial charge < -0.3 is 9.64 Å². The average molecular weight is 544 g/mol. The lowest BCUT2D eigenvalue weighted by molar-refractivity contribution is 0.0581. The standard InChI is InChI=1S/C24H28Cl2FN3O4S/c1-16-22(7-6-21(25)23(16)26)34-20-10-12-29(13-11-20)19-8-14-30(15-9-19)35(32,33)28-24(31)17-2-4-18(27)5-3-17/h2-7,19-20H,8-15H2,1H3,(H,28,31). The number of benzene rings is 2. The van der Waals surface area contributed by atoms with Crippen LogP contribution in [0.15, 0.2) is 36.4 Å². The number of rotatable bonds is 6. The summed E-state index contributed by atoms with van der Waals surface area (Å²) >= 11 is 12.3. The summed E-state index contributed by atoms with van der Waals surface area (Å²) in [7, 11) is -3.97. The van der Waals surface area contributed by atoms with Gasteiger partial charge in [-0.1, -0.05) is 23.2 Å². The molecule has 2 fully saturated rings. The van der Waals surface area contributed by atoms with Gasteiger partial charge in [-0.2, -0.15) is 12.7 Å². The van der Waals surface area contributed by atoms with Crippen molar-refractivity contribution in [2.75, 3.05) is 26.2 Å². The number of halogens is 3. The molecule has 2 aliphatic rings. The van der Waals surface area contributed by atoms with Crippen molar-refractivity contribution in [3.05, 3.63) is 63.4 Å². The van der Waals surface area contributed by atoms with Gasteiger partial charge in [0.1, 0.15) is 17.7 Å². The number of ether oxygens (including phenoxy) is 1. The summed E-state index contributed by atoms with van der Waals surface area (Å²) < 4.78 is 48.0. The molecule has 0 saturated carbocycles. The third-order valence-electron chi connectivity index (χ3n) is 6.67.